The van der Waals surface area contributed by atoms with Crippen molar-refractivity contribution in [3.63, 3.8) is 0 Å². The Kier molecular flexibility index (Phi) is 4.03. The molecule has 8 atom stereocenters. The van der Waals surface area contributed by atoms with Crippen molar-refractivity contribution in [2.24, 2.45) is 28.6 Å². The van der Waals surface area contributed by atoms with E-state index < -0.39 is 5.79 Å². The zero-order valence-corrected chi connectivity index (χ0v) is 17.4. The molecule has 3 saturated carbocycles. The first-order valence-electron chi connectivity index (χ1n) is 10.3. The van der Waals surface area contributed by atoms with Crippen molar-refractivity contribution in [1.82, 2.24) is 0 Å². The molecule has 1 spiro atoms. The Bertz CT molecular complexity index is 630. The summed E-state index contributed by atoms with van der Waals surface area (Å²) in [4.78, 5) is 0.185. The highest BCUT2D eigenvalue weighted by atomic mass is 79.9. The number of aliphatic hydroxyl groups is 2. The highest BCUT2D eigenvalue weighted by Gasteiger charge is 2.71. The fourth-order valence-corrected chi connectivity index (χ4v) is 8.82. The van der Waals surface area contributed by atoms with Crippen molar-refractivity contribution in [1.29, 1.82) is 0 Å². The zero-order chi connectivity index (χ0) is 18.3. The maximum Gasteiger partial charge on any atom is 0.186 e. The summed E-state index contributed by atoms with van der Waals surface area (Å²) in [5.41, 5.74) is 1.25. The lowest BCUT2D eigenvalue weighted by atomic mass is 9.46. The van der Waals surface area contributed by atoms with E-state index in [0.29, 0.717) is 25.0 Å². The number of allylic oxidation sites excluding steroid dienone is 1. The molecule has 0 aromatic rings. The average Bonchev–Trinajstić information content (AvgIpc) is 3.16. The lowest BCUT2D eigenvalue weighted by Crippen LogP contribution is -2.60. The number of hydrogen-bond acceptors (Lipinski definition) is 4. The van der Waals surface area contributed by atoms with Crippen LogP contribution in [0, 0.1) is 28.6 Å². The highest BCUT2D eigenvalue weighted by molar-refractivity contribution is 9.09. The minimum Gasteiger partial charge on any atom is -0.393 e. The summed E-state index contributed by atoms with van der Waals surface area (Å²) in [7, 11) is 0. The summed E-state index contributed by atoms with van der Waals surface area (Å²) in [6, 6.07) is 0. The van der Waals surface area contributed by atoms with Crippen LogP contribution in [0.2, 0.25) is 0 Å². The van der Waals surface area contributed by atoms with Crippen LogP contribution in [-0.4, -0.2) is 46.2 Å². The van der Waals surface area contributed by atoms with Crippen molar-refractivity contribution in [3.05, 3.63) is 11.6 Å². The monoisotopic (exact) mass is 426 g/mol. The third-order valence-corrected chi connectivity index (χ3v) is 9.76. The molecule has 5 aliphatic rings. The number of halogens is 1. The van der Waals surface area contributed by atoms with Crippen LogP contribution in [0.25, 0.3) is 0 Å². The molecule has 0 unspecified atom stereocenters. The molecule has 146 valence electrons. The summed E-state index contributed by atoms with van der Waals surface area (Å²) in [6.07, 6.45) is 7.26. The van der Waals surface area contributed by atoms with Crippen molar-refractivity contribution in [2.45, 2.75) is 75.2 Å². The first-order valence-corrected chi connectivity index (χ1v) is 11.2. The number of alkyl halides is 1. The van der Waals surface area contributed by atoms with Gasteiger partial charge in [0.2, 0.25) is 0 Å². The van der Waals surface area contributed by atoms with Gasteiger partial charge in [0.15, 0.2) is 5.79 Å². The quantitative estimate of drug-likeness (QED) is 0.460. The van der Waals surface area contributed by atoms with Gasteiger partial charge in [0.1, 0.15) is 0 Å². The lowest BCUT2D eigenvalue weighted by Gasteiger charge is -2.60. The molecule has 0 bridgehead atoms. The van der Waals surface area contributed by atoms with E-state index in [2.05, 4.69) is 35.9 Å². The average molecular weight is 427 g/mol. The van der Waals surface area contributed by atoms with Gasteiger partial charge in [-0.25, -0.2) is 0 Å². The number of hydrogen-bond donors (Lipinski definition) is 2. The van der Waals surface area contributed by atoms with Crippen LogP contribution in [0.1, 0.15) is 52.4 Å². The molecular formula is C21H31BrO4. The molecule has 0 amide bonds. The van der Waals surface area contributed by atoms with Crippen molar-refractivity contribution < 1.29 is 19.7 Å². The summed E-state index contributed by atoms with van der Waals surface area (Å²) in [5, 5.41) is 21.5. The van der Waals surface area contributed by atoms with Gasteiger partial charge in [0, 0.05) is 5.41 Å². The second-order valence-corrected chi connectivity index (χ2v) is 10.9. The van der Waals surface area contributed by atoms with Gasteiger partial charge in [-0.1, -0.05) is 41.4 Å². The summed E-state index contributed by atoms with van der Waals surface area (Å²) in [6.45, 7) is 5.92. The van der Waals surface area contributed by atoms with Crippen LogP contribution in [-0.2, 0) is 9.47 Å². The van der Waals surface area contributed by atoms with Gasteiger partial charge in [-0.2, -0.15) is 0 Å². The fourth-order valence-electron chi connectivity index (χ4n) is 7.63. The molecule has 4 nitrogen and oxygen atoms in total. The number of ether oxygens (including phenoxy) is 2. The van der Waals surface area contributed by atoms with E-state index in [1.54, 1.807) is 0 Å². The van der Waals surface area contributed by atoms with Gasteiger partial charge in [-0.15, -0.1) is 0 Å². The van der Waals surface area contributed by atoms with E-state index in [9.17, 15) is 10.2 Å². The minimum absolute atomic E-state index is 0.0256. The smallest absolute Gasteiger partial charge is 0.186 e. The molecular weight excluding hydrogens is 396 g/mol. The molecule has 0 aromatic heterocycles. The molecule has 5 heteroatoms. The predicted octanol–water partition coefficient (Wildman–Crippen LogP) is 3.40. The maximum absolute atomic E-state index is 11.4. The fraction of sp³-hybridized carbons (Fsp3) is 0.905. The third-order valence-electron chi connectivity index (χ3n) is 8.79. The first-order chi connectivity index (χ1) is 12.3. The Hall–Kier alpha value is 0.0600. The molecule has 4 fully saturated rings. The van der Waals surface area contributed by atoms with Crippen LogP contribution in [0.3, 0.4) is 0 Å². The Morgan fingerprint density at radius 3 is 2.65 bits per heavy atom. The van der Waals surface area contributed by atoms with E-state index in [0.717, 1.165) is 38.5 Å². The molecule has 1 saturated heterocycles. The SMILES string of the molecule is C[C@]12CC[C@H](O)CC1=CC[C@@H]1[C@@H]2[C@H](O)C[C@@]2(C)[C@H]1C[C@@H](Br)C21OCCO1. The molecule has 0 aromatic carbocycles. The molecule has 2 N–H and O–H groups in total. The van der Waals surface area contributed by atoms with Crippen LogP contribution in [0.15, 0.2) is 11.6 Å². The second kappa shape index (κ2) is 5.79. The maximum atomic E-state index is 11.4. The van der Waals surface area contributed by atoms with Gasteiger partial charge in [0.05, 0.1) is 30.2 Å². The molecule has 1 heterocycles. The topological polar surface area (TPSA) is 58.9 Å². The van der Waals surface area contributed by atoms with Crippen molar-refractivity contribution >= 4 is 15.9 Å². The molecule has 0 radical (unpaired) electrons. The Morgan fingerprint density at radius 1 is 1.19 bits per heavy atom. The zero-order valence-electron chi connectivity index (χ0n) is 15.8. The van der Waals surface area contributed by atoms with Gasteiger partial charge in [-0.05, 0) is 61.7 Å². The molecule has 4 aliphatic carbocycles. The summed E-state index contributed by atoms with van der Waals surface area (Å²) < 4.78 is 12.5. The number of aliphatic hydroxyl groups excluding tert-OH is 2. The van der Waals surface area contributed by atoms with Gasteiger partial charge in [0.25, 0.3) is 0 Å². The van der Waals surface area contributed by atoms with Crippen molar-refractivity contribution in [2.75, 3.05) is 13.2 Å². The molecule has 26 heavy (non-hydrogen) atoms. The van der Waals surface area contributed by atoms with Crippen molar-refractivity contribution in [3.8, 4) is 0 Å². The Balaban J connectivity index is 1.55. The molecule has 1 aliphatic heterocycles. The predicted molar refractivity (Wildman–Crippen MR) is 102 cm³/mol. The third kappa shape index (κ3) is 2.10. The summed E-state index contributed by atoms with van der Waals surface area (Å²) in [5.74, 6) is 0.640. The van der Waals surface area contributed by atoms with Gasteiger partial charge in [-0.3, -0.25) is 0 Å². The first kappa shape index (κ1) is 18.1. The normalized spacial score (nSPS) is 55.2. The Labute approximate surface area is 164 Å². The van der Waals surface area contributed by atoms with Crippen LogP contribution >= 0.6 is 15.9 Å². The van der Waals surface area contributed by atoms with E-state index in [1.165, 1.54) is 5.57 Å². The highest BCUT2D eigenvalue weighted by Crippen LogP contribution is 2.69. The van der Waals surface area contributed by atoms with E-state index in [1.807, 2.05) is 0 Å². The van der Waals surface area contributed by atoms with Crippen LogP contribution in [0.4, 0.5) is 0 Å². The summed E-state index contributed by atoms with van der Waals surface area (Å²) >= 11 is 3.89. The molecule has 5 rings (SSSR count). The van der Waals surface area contributed by atoms with E-state index in [4.69, 9.17) is 9.47 Å². The van der Waals surface area contributed by atoms with Crippen LogP contribution in [0.5, 0.6) is 0 Å². The van der Waals surface area contributed by atoms with Gasteiger partial charge >= 0.3 is 0 Å². The van der Waals surface area contributed by atoms with E-state index in [-0.39, 0.29) is 33.8 Å². The lowest BCUT2D eigenvalue weighted by molar-refractivity contribution is -0.253. The van der Waals surface area contributed by atoms with Crippen LogP contribution < -0.4 is 0 Å². The van der Waals surface area contributed by atoms with Gasteiger partial charge < -0.3 is 19.7 Å². The van der Waals surface area contributed by atoms with E-state index >= 15 is 0 Å². The largest absolute Gasteiger partial charge is 0.393 e. The Morgan fingerprint density at radius 2 is 1.92 bits per heavy atom. The number of fused-ring (bicyclic) bond motifs is 6. The second-order valence-electron chi connectivity index (χ2n) is 9.83. The standard InChI is InChI=1S/C21H31BrO4/c1-19-6-5-13(23)9-12(19)3-4-14-15-10-17(22)21(25-7-8-26-21)20(15,2)11-16(24)18(14)19/h3,13-18,23-24H,4-11H2,1-2H3/t13-,14-,15-,16+,17+,18+,19-,20-/m0/s1. The number of rotatable bonds is 0. The minimum atomic E-state index is -0.586.